The molecule has 0 aromatic carbocycles. The van der Waals surface area contributed by atoms with Gasteiger partial charge in [-0.1, -0.05) is 0 Å². The molecule has 2 atom stereocenters. The highest BCUT2D eigenvalue weighted by Crippen LogP contribution is 1.93. The Morgan fingerprint density at radius 2 is 1.84 bits per heavy atom. The topological polar surface area (TPSA) is 102 Å². The molecule has 0 amide bonds. The number of methoxy groups -OCH3 is 1. The van der Waals surface area contributed by atoms with Crippen molar-refractivity contribution >= 4 is 16.8 Å². The van der Waals surface area contributed by atoms with Crippen LogP contribution in [0, 0.1) is 0 Å². The molecule has 0 radical (unpaired) electrons. The van der Waals surface area contributed by atoms with E-state index in [4.69, 9.17) is 19.3 Å². The molecule has 2 N–H and O–H groups in total. The quantitative estimate of drug-likeness (QED) is 0.431. The van der Waals surface area contributed by atoms with Crippen LogP contribution in [0.2, 0.25) is 0 Å². The largest absolute Gasteiger partial charge is 0.481 e. The smallest absolute Gasteiger partial charge is 0.316 e. The van der Waals surface area contributed by atoms with Crippen molar-refractivity contribution in [3.05, 3.63) is 0 Å². The maximum absolute atomic E-state index is 11.1. The van der Waals surface area contributed by atoms with Gasteiger partial charge in [0.25, 0.3) is 0 Å². The Bertz CT molecular complexity index is 259. The number of hydrogen-bond donors (Lipinski definition) is 2. The molecule has 0 aromatic heterocycles. The minimum absolute atomic E-state index is 0.137. The number of aliphatic carboxylic acids is 1. The molecule has 2 unspecified atom stereocenters. The van der Waals surface area contributed by atoms with E-state index in [9.17, 15) is 14.1 Å². The zero-order chi connectivity index (χ0) is 14.5. The van der Waals surface area contributed by atoms with Gasteiger partial charge in [0.15, 0.2) is 0 Å². The van der Waals surface area contributed by atoms with Gasteiger partial charge in [-0.05, 0) is 6.42 Å². The molecular formula is C11H22O7S. The lowest BCUT2D eigenvalue weighted by atomic mass is 10.4. The van der Waals surface area contributed by atoms with Crippen LogP contribution < -0.4 is 0 Å². The Kier molecular flexibility index (Phi) is 12.1. The molecular weight excluding hydrogens is 276 g/mol. The van der Waals surface area contributed by atoms with Gasteiger partial charge in [-0.25, -0.2) is 0 Å². The second kappa shape index (κ2) is 12.5. The van der Waals surface area contributed by atoms with E-state index in [-0.39, 0.29) is 24.7 Å². The van der Waals surface area contributed by atoms with E-state index in [1.54, 1.807) is 7.11 Å². The van der Waals surface area contributed by atoms with E-state index in [0.29, 0.717) is 26.2 Å². The van der Waals surface area contributed by atoms with Gasteiger partial charge in [0.2, 0.25) is 0 Å². The van der Waals surface area contributed by atoms with Gasteiger partial charge in [0.1, 0.15) is 11.9 Å². The Morgan fingerprint density at radius 1 is 1.21 bits per heavy atom. The summed E-state index contributed by atoms with van der Waals surface area (Å²) in [5.74, 6) is -1.12. The van der Waals surface area contributed by atoms with Gasteiger partial charge in [-0.2, -0.15) is 0 Å². The third-order valence-electron chi connectivity index (χ3n) is 2.00. The van der Waals surface area contributed by atoms with E-state index in [1.807, 2.05) is 0 Å². The first-order valence-corrected chi connectivity index (χ1v) is 7.44. The molecule has 0 aliphatic carbocycles. The summed E-state index contributed by atoms with van der Waals surface area (Å²) in [6, 6.07) is 0. The normalized spacial score (nSPS) is 14.2. The number of carbonyl (C=O) groups is 1. The lowest BCUT2D eigenvalue weighted by Gasteiger charge is -2.11. The maximum Gasteiger partial charge on any atom is 0.316 e. The van der Waals surface area contributed by atoms with Crippen molar-refractivity contribution in [2.75, 3.05) is 51.6 Å². The van der Waals surface area contributed by atoms with Gasteiger partial charge in [0.05, 0.1) is 26.4 Å². The highest BCUT2D eigenvalue weighted by atomic mass is 32.2. The fraction of sp³-hybridized carbons (Fsp3) is 0.909. The predicted molar refractivity (Wildman–Crippen MR) is 69.7 cm³/mol. The summed E-state index contributed by atoms with van der Waals surface area (Å²) in [4.78, 5) is 10.3. The minimum Gasteiger partial charge on any atom is -0.481 e. The summed E-state index contributed by atoms with van der Waals surface area (Å²) in [5, 5.41) is 17.8. The van der Waals surface area contributed by atoms with Gasteiger partial charge in [-0.3, -0.25) is 9.00 Å². The molecule has 0 rings (SSSR count). The molecule has 0 aromatic rings. The number of hydrogen-bond acceptors (Lipinski definition) is 6. The van der Waals surface area contributed by atoms with E-state index in [0.717, 1.165) is 0 Å². The predicted octanol–water partition coefficient (Wildman–Crippen LogP) is -0.750. The number of carboxylic acid groups (broad SMARTS) is 1. The average molecular weight is 298 g/mol. The van der Waals surface area contributed by atoms with Gasteiger partial charge < -0.3 is 24.4 Å². The van der Waals surface area contributed by atoms with E-state index < -0.39 is 22.9 Å². The highest BCUT2D eigenvalue weighted by molar-refractivity contribution is 7.85. The third kappa shape index (κ3) is 13.7. The standard InChI is InChI=1S/C11H22O7S/c1-16-4-5-18-8-10(12)7-17-3-2-6-19(15)9-11(13)14/h10,12H,2-9H2,1H3,(H,13,14). The lowest BCUT2D eigenvalue weighted by Crippen LogP contribution is -2.23. The Balaban J connectivity index is 3.33. The molecule has 0 bridgehead atoms. The van der Waals surface area contributed by atoms with Crippen LogP contribution in [0.15, 0.2) is 0 Å². The van der Waals surface area contributed by atoms with Crippen molar-refractivity contribution in [1.29, 1.82) is 0 Å². The van der Waals surface area contributed by atoms with Crippen LogP contribution in [0.3, 0.4) is 0 Å². The summed E-state index contributed by atoms with van der Waals surface area (Å²) in [7, 11) is 0.215. The monoisotopic (exact) mass is 298 g/mol. The zero-order valence-corrected chi connectivity index (χ0v) is 11.9. The van der Waals surface area contributed by atoms with Crippen LogP contribution in [0.5, 0.6) is 0 Å². The van der Waals surface area contributed by atoms with Crippen LogP contribution in [0.25, 0.3) is 0 Å². The summed E-state index contributed by atoms with van der Waals surface area (Å²) in [5.41, 5.74) is 0. The zero-order valence-electron chi connectivity index (χ0n) is 11.1. The summed E-state index contributed by atoms with van der Waals surface area (Å²) in [6.07, 6.45) is -0.210. The van der Waals surface area contributed by atoms with Crippen LogP contribution in [-0.4, -0.2) is 78.1 Å². The fourth-order valence-corrected chi connectivity index (χ4v) is 2.02. The lowest BCUT2D eigenvalue weighted by molar-refractivity contribution is -0.133. The van der Waals surface area contributed by atoms with Gasteiger partial charge in [0, 0.05) is 30.3 Å². The van der Waals surface area contributed by atoms with Crippen molar-refractivity contribution in [3.8, 4) is 0 Å². The average Bonchev–Trinajstić information content (AvgIpc) is 2.33. The molecule has 0 heterocycles. The molecule has 0 aliphatic rings. The Hall–Kier alpha value is -0.540. The maximum atomic E-state index is 11.1. The molecule has 114 valence electrons. The SMILES string of the molecule is COCCOCC(O)COCCCS(=O)CC(=O)O. The molecule has 8 heteroatoms. The van der Waals surface area contributed by atoms with Crippen molar-refractivity contribution in [3.63, 3.8) is 0 Å². The van der Waals surface area contributed by atoms with Crippen molar-refractivity contribution in [1.82, 2.24) is 0 Å². The number of aliphatic hydroxyl groups excluding tert-OH is 1. The number of aliphatic hydroxyl groups is 1. The molecule has 0 spiro atoms. The first kappa shape index (κ1) is 18.5. The molecule has 0 fully saturated rings. The number of ether oxygens (including phenoxy) is 3. The number of carboxylic acids is 1. The second-order valence-corrected chi connectivity index (χ2v) is 5.41. The van der Waals surface area contributed by atoms with Crippen molar-refractivity contribution in [2.24, 2.45) is 0 Å². The molecule has 7 nitrogen and oxygen atoms in total. The molecule has 0 saturated heterocycles. The highest BCUT2D eigenvalue weighted by Gasteiger charge is 2.07. The van der Waals surface area contributed by atoms with Gasteiger partial charge in [-0.15, -0.1) is 0 Å². The first-order chi connectivity index (χ1) is 9.06. The molecule has 19 heavy (non-hydrogen) atoms. The van der Waals surface area contributed by atoms with Crippen LogP contribution in [0.4, 0.5) is 0 Å². The third-order valence-corrected chi connectivity index (χ3v) is 3.31. The van der Waals surface area contributed by atoms with E-state index in [2.05, 4.69) is 0 Å². The second-order valence-electron chi connectivity index (χ2n) is 3.83. The van der Waals surface area contributed by atoms with Gasteiger partial charge >= 0.3 is 5.97 Å². The summed E-state index contributed by atoms with van der Waals surface area (Å²) < 4.78 is 26.2. The van der Waals surface area contributed by atoms with Crippen LogP contribution >= 0.6 is 0 Å². The van der Waals surface area contributed by atoms with Crippen molar-refractivity contribution in [2.45, 2.75) is 12.5 Å². The van der Waals surface area contributed by atoms with Crippen LogP contribution in [-0.2, 0) is 29.8 Å². The minimum atomic E-state index is -1.35. The molecule has 0 aliphatic heterocycles. The first-order valence-electron chi connectivity index (χ1n) is 5.95. The van der Waals surface area contributed by atoms with Crippen molar-refractivity contribution < 1.29 is 33.4 Å². The Labute approximate surface area is 115 Å². The molecule has 0 saturated carbocycles. The summed E-state index contributed by atoms with van der Waals surface area (Å²) in [6.45, 7) is 1.54. The van der Waals surface area contributed by atoms with E-state index in [1.165, 1.54) is 0 Å². The van der Waals surface area contributed by atoms with Crippen LogP contribution in [0.1, 0.15) is 6.42 Å². The van der Waals surface area contributed by atoms with E-state index >= 15 is 0 Å². The summed E-state index contributed by atoms with van der Waals surface area (Å²) >= 11 is 0. The Morgan fingerprint density at radius 3 is 2.42 bits per heavy atom. The fourth-order valence-electron chi connectivity index (χ4n) is 1.16. The number of rotatable bonds is 13.